The summed E-state index contributed by atoms with van der Waals surface area (Å²) in [5.41, 5.74) is -0.528. The number of hydrogen-bond acceptors (Lipinski definition) is 7. The van der Waals surface area contributed by atoms with Crippen LogP contribution in [-0.4, -0.2) is 38.3 Å². The number of benzene rings is 2. The van der Waals surface area contributed by atoms with Crippen LogP contribution in [0, 0.1) is 0 Å². The summed E-state index contributed by atoms with van der Waals surface area (Å²) >= 11 is 0. The predicted molar refractivity (Wildman–Crippen MR) is 121 cm³/mol. The van der Waals surface area contributed by atoms with Crippen molar-refractivity contribution in [2.24, 2.45) is 0 Å². The molecule has 1 heterocycles. The van der Waals surface area contributed by atoms with Crippen LogP contribution in [0.2, 0.25) is 0 Å². The van der Waals surface area contributed by atoms with E-state index in [0.29, 0.717) is 5.75 Å². The number of carbonyl (C=O) groups excluding carboxylic acids is 1. The van der Waals surface area contributed by atoms with Crippen molar-refractivity contribution in [3.63, 3.8) is 0 Å². The van der Waals surface area contributed by atoms with E-state index in [1.54, 1.807) is 30.3 Å². The molecule has 174 valence electrons. The molecular formula is C21H21N3O8S. The van der Waals surface area contributed by atoms with Gasteiger partial charge in [-0.2, -0.15) is 0 Å². The quantitative estimate of drug-likeness (QED) is 0.343. The second-order valence-electron chi connectivity index (χ2n) is 7.00. The number of anilines is 2. The van der Waals surface area contributed by atoms with E-state index >= 15 is 0 Å². The molecule has 0 spiro atoms. The third-order valence-electron chi connectivity index (χ3n) is 4.27. The Kier molecular flexibility index (Phi) is 7.18. The molecule has 11 nitrogen and oxygen atoms in total. The third kappa shape index (κ3) is 6.71. The second kappa shape index (κ2) is 10.0. The lowest BCUT2D eigenvalue weighted by Gasteiger charge is -2.13. The zero-order valence-corrected chi connectivity index (χ0v) is 18.3. The highest BCUT2D eigenvalue weighted by Gasteiger charge is 2.17. The Morgan fingerprint density at radius 2 is 1.85 bits per heavy atom. The fourth-order valence-electron chi connectivity index (χ4n) is 2.88. The first kappa shape index (κ1) is 23.6. The standard InChI is InChI=1S/C21H21N3O8S/c1-33(29,30)24-15-11-17-14(10-18(15)32-13-6-3-2-4-7-13)20(26)16(12-31-17)23-19(25)8-5-9-22-21(27)28/h2-4,6-7,10-12,22,24H,5,8-9H2,1H3,(H,23,25)(H,27,28). The predicted octanol–water partition coefficient (Wildman–Crippen LogP) is 2.94. The van der Waals surface area contributed by atoms with Crippen molar-refractivity contribution in [1.29, 1.82) is 0 Å². The van der Waals surface area contributed by atoms with E-state index in [1.807, 2.05) is 0 Å². The third-order valence-corrected chi connectivity index (χ3v) is 4.86. The summed E-state index contributed by atoms with van der Waals surface area (Å²) in [7, 11) is -3.66. The number of hydrogen-bond donors (Lipinski definition) is 4. The number of amides is 2. The first-order valence-electron chi connectivity index (χ1n) is 9.69. The molecule has 12 heteroatoms. The summed E-state index contributed by atoms with van der Waals surface area (Å²) in [6.07, 6.45) is 1.07. The van der Waals surface area contributed by atoms with Gasteiger partial charge in [0, 0.05) is 19.0 Å². The molecule has 1 aromatic heterocycles. The van der Waals surface area contributed by atoms with Crippen molar-refractivity contribution >= 4 is 44.4 Å². The van der Waals surface area contributed by atoms with Gasteiger partial charge >= 0.3 is 6.09 Å². The average molecular weight is 475 g/mol. The van der Waals surface area contributed by atoms with Crippen molar-refractivity contribution in [3.05, 3.63) is 59.0 Å². The van der Waals surface area contributed by atoms with Gasteiger partial charge < -0.3 is 24.9 Å². The van der Waals surface area contributed by atoms with E-state index in [9.17, 15) is 22.8 Å². The highest BCUT2D eigenvalue weighted by atomic mass is 32.2. The minimum atomic E-state index is -3.66. The zero-order chi connectivity index (χ0) is 24.0. The molecule has 0 saturated heterocycles. The molecule has 3 rings (SSSR count). The molecule has 0 saturated carbocycles. The zero-order valence-electron chi connectivity index (χ0n) is 17.5. The number of carboxylic acid groups (broad SMARTS) is 1. The highest BCUT2D eigenvalue weighted by Crippen LogP contribution is 2.34. The van der Waals surface area contributed by atoms with E-state index in [-0.39, 0.29) is 47.5 Å². The van der Waals surface area contributed by atoms with E-state index < -0.39 is 27.5 Å². The lowest BCUT2D eigenvalue weighted by Crippen LogP contribution is -2.24. The number of para-hydroxylation sites is 1. The normalized spacial score (nSPS) is 11.1. The van der Waals surface area contributed by atoms with Gasteiger partial charge in [0.15, 0.2) is 5.75 Å². The molecule has 0 aliphatic carbocycles. The summed E-state index contributed by atoms with van der Waals surface area (Å²) in [4.78, 5) is 35.5. The van der Waals surface area contributed by atoms with E-state index in [0.717, 1.165) is 12.5 Å². The number of sulfonamides is 1. The van der Waals surface area contributed by atoms with Crippen LogP contribution in [0.25, 0.3) is 11.0 Å². The van der Waals surface area contributed by atoms with Crippen LogP contribution in [0.15, 0.2) is 57.9 Å². The maximum Gasteiger partial charge on any atom is 0.404 e. The highest BCUT2D eigenvalue weighted by molar-refractivity contribution is 7.92. The molecule has 3 aromatic rings. The number of fused-ring (bicyclic) bond motifs is 1. The van der Waals surface area contributed by atoms with Gasteiger partial charge in [-0.15, -0.1) is 0 Å². The van der Waals surface area contributed by atoms with Gasteiger partial charge in [0.05, 0.1) is 17.3 Å². The summed E-state index contributed by atoms with van der Waals surface area (Å²) in [6, 6.07) is 11.2. The van der Waals surface area contributed by atoms with Gasteiger partial charge in [-0.25, -0.2) is 13.2 Å². The van der Waals surface area contributed by atoms with Crippen LogP contribution < -0.4 is 25.5 Å². The Morgan fingerprint density at radius 3 is 2.52 bits per heavy atom. The molecule has 0 aliphatic rings. The topological polar surface area (TPSA) is 164 Å². The number of ether oxygens (including phenoxy) is 1. The molecule has 2 aromatic carbocycles. The minimum absolute atomic E-state index is 0.0165. The lowest BCUT2D eigenvalue weighted by atomic mass is 10.2. The van der Waals surface area contributed by atoms with Crippen LogP contribution in [0.3, 0.4) is 0 Å². The summed E-state index contributed by atoms with van der Waals surface area (Å²) < 4.78 is 37.1. The summed E-state index contributed by atoms with van der Waals surface area (Å²) in [5.74, 6) is -0.0168. The van der Waals surface area contributed by atoms with E-state index in [1.165, 1.54) is 12.1 Å². The van der Waals surface area contributed by atoms with Crippen LogP contribution in [0.4, 0.5) is 16.2 Å². The van der Waals surface area contributed by atoms with Gasteiger partial charge in [0.1, 0.15) is 23.3 Å². The monoisotopic (exact) mass is 475 g/mol. The largest absolute Gasteiger partial charge is 0.465 e. The molecule has 0 unspecified atom stereocenters. The Morgan fingerprint density at radius 1 is 1.12 bits per heavy atom. The maximum atomic E-state index is 12.9. The second-order valence-corrected chi connectivity index (χ2v) is 8.74. The van der Waals surface area contributed by atoms with Crippen molar-refractivity contribution in [2.75, 3.05) is 22.8 Å². The van der Waals surface area contributed by atoms with Crippen molar-refractivity contribution in [1.82, 2.24) is 5.32 Å². The van der Waals surface area contributed by atoms with Crippen LogP contribution >= 0.6 is 0 Å². The van der Waals surface area contributed by atoms with Gasteiger partial charge in [-0.1, -0.05) is 18.2 Å². The van der Waals surface area contributed by atoms with Gasteiger partial charge in [-0.05, 0) is 24.6 Å². The number of nitrogens with one attached hydrogen (secondary N) is 3. The van der Waals surface area contributed by atoms with Gasteiger partial charge in [0.25, 0.3) is 0 Å². The maximum absolute atomic E-state index is 12.9. The van der Waals surface area contributed by atoms with E-state index in [4.69, 9.17) is 14.3 Å². The molecule has 0 radical (unpaired) electrons. The van der Waals surface area contributed by atoms with E-state index in [2.05, 4.69) is 15.4 Å². The SMILES string of the molecule is CS(=O)(=O)Nc1cc2occ(NC(=O)CCCNC(=O)O)c(=O)c2cc1Oc1ccccc1. The van der Waals surface area contributed by atoms with Gasteiger partial charge in [-0.3, -0.25) is 14.3 Å². The fourth-order valence-corrected chi connectivity index (χ4v) is 3.44. The first-order chi connectivity index (χ1) is 15.6. The molecule has 2 amide bonds. The molecule has 4 N–H and O–H groups in total. The Bertz CT molecular complexity index is 1340. The molecule has 33 heavy (non-hydrogen) atoms. The smallest absolute Gasteiger partial charge is 0.404 e. The molecule has 0 atom stereocenters. The molecule has 0 bridgehead atoms. The minimum Gasteiger partial charge on any atom is -0.465 e. The molecule has 0 fully saturated rings. The van der Waals surface area contributed by atoms with Crippen LogP contribution in [0.5, 0.6) is 11.5 Å². The number of rotatable bonds is 9. The summed E-state index contributed by atoms with van der Waals surface area (Å²) in [6.45, 7) is 0.0887. The van der Waals surface area contributed by atoms with Crippen molar-refractivity contribution in [2.45, 2.75) is 12.8 Å². The first-order valence-corrected chi connectivity index (χ1v) is 11.6. The Hall–Kier alpha value is -4.06. The Labute approximate surface area is 188 Å². The Balaban J connectivity index is 1.91. The lowest BCUT2D eigenvalue weighted by molar-refractivity contribution is -0.116. The van der Waals surface area contributed by atoms with Crippen molar-refractivity contribution < 1.29 is 32.3 Å². The molecular weight excluding hydrogens is 454 g/mol. The average Bonchev–Trinajstić information content (AvgIpc) is 2.74. The van der Waals surface area contributed by atoms with Gasteiger partial charge in [0.2, 0.25) is 21.4 Å². The molecule has 0 aliphatic heterocycles. The fraction of sp³-hybridized carbons (Fsp3) is 0.190. The van der Waals surface area contributed by atoms with Crippen LogP contribution in [0.1, 0.15) is 12.8 Å². The number of carbonyl (C=O) groups is 2. The van der Waals surface area contributed by atoms with Crippen molar-refractivity contribution in [3.8, 4) is 11.5 Å². The van der Waals surface area contributed by atoms with Crippen LogP contribution in [-0.2, 0) is 14.8 Å². The summed E-state index contributed by atoms with van der Waals surface area (Å²) in [5, 5.41) is 13.2.